The Hall–Kier alpha value is -9.62. The summed E-state index contributed by atoms with van der Waals surface area (Å²) in [6.45, 7) is 8.07. The van der Waals surface area contributed by atoms with Gasteiger partial charge in [0.2, 0.25) is 0 Å². The molecule has 0 bridgehead atoms. The Morgan fingerprint density at radius 3 is 0.625 bits per heavy atom. The molecule has 80 heavy (non-hydrogen) atoms. The third-order valence-corrected chi connectivity index (χ3v) is 14.6. The lowest BCUT2D eigenvalue weighted by atomic mass is 9.84. The van der Waals surface area contributed by atoms with Crippen LogP contribution >= 0.6 is 0 Å². The summed E-state index contributed by atoms with van der Waals surface area (Å²) in [6.07, 6.45) is 0. The maximum absolute atomic E-state index is 14.8. The molecule has 6 aliphatic heterocycles. The molecule has 0 unspecified atom stereocenters. The average molecular weight is 1110 g/mol. The molecule has 6 aromatic carbocycles. The van der Waals surface area contributed by atoms with Gasteiger partial charge in [-0.05, 0) is 65.8 Å². The predicted molar refractivity (Wildman–Crippen MR) is 258 cm³/mol. The van der Waals surface area contributed by atoms with E-state index in [4.69, 9.17) is 0 Å². The van der Waals surface area contributed by atoms with Crippen LogP contribution in [0.15, 0.2) is 24.3 Å². The van der Waals surface area contributed by atoms with Crippen molar-refractivity contribution in [2.75, 3.05) is 39.3 Å². The normalized spacial score (nSPS) is 16.1. The smallest absolute Gasteiger partial charge is 0.264 e. The maximum atomic E-state index is 14.8. The van der Waals surface area contributed by atoms with Crippen LogP contribution in [0.25, 0.3) is 32.3 Å². The number of nitrogens with zero attached hydrogens (tertiary/aromatic N) is 6. The second-order valence-corrected chi connectivity index (χ2v) is 18.3. The van der Waals surface area contributed by atoms with E-state index in [0.717, 1.165) is 43.9 Å². The number of rotatable bonds is 6. The van der Waals surface area contributed by atoms with Gasteiger partial charge in [-0.15, -0.1) is 0 Å². The highest BCUT2D eigenvalue weighted by atomic mass is 19.2. The fourth-order valence-electron chi connectivity index (χ4n) is 11.0. The fourth-order valence-corrected chi connectivity index (χ4v) is 11.0. The molecule has 26 heteroatoms. The number of benzene rings is 6. The van der Waals surface area contributed by atoms with E-state index in [-0.39, 0.29) is 83.1 Å². The zero-order valence-corrected chi connectivity index (χ0v) is 42.2. The largest absolute Gasteiger partial charge is 0.275 e. The monoisotopic (exact) mass is 1110 g/mol. The fraction of sp³-hybridized carbons (Fsp3) is 0.222. The zero-order valence-electron chi connectivity index (χ0n) is 42.2. The predicted octanol–water partition coefficient (Wildman–Crippen LogP) is 7.33. The van der Waals surface area contributed by atoms with Crippen molar-refractivity contribution in [1.82, 2.24) is 29.4 Å². The van der Waals surface area contributed by atoms with Crippen molar-refractivity contribution in [2.24, 2.45) is 0 Å². The van der Waals surface area contributed by atoms with Gasteiger partial charge in [-0.1, -0.05) is 0 Å². The summed E-state index contributed by atoms with van der Waals surface area (Å²) in [7, 11) is 0. The van der Waals surface area contributed by atoms with Crippen LogP contribution < -0.4 is 0 Å². The Kier molecular flexibility index (Phi) is 12.4. The molecule has 6 aromatic rings. The molecule has 0 saturated carbocycles. The summed E-state index contributed by atoms with van der Waals surface area (Å²) in [5.41, 5.74) is -6.69. The molecule has 6 heterocycles. The second kappa shape index (κ2) is 18.5. The molecule has 0 N–H and O–H groups in total. The van der Waals surface area contributed by atoms with Gasteiger partial charge in [-0.2, -0.15) is 0 Å². The van der Waals surface area contributed by atoms with Crippen LogP contribution in [0.5, 0.6) is 0 Å². The van der Waals surface area contributed by atoms with Crippen molar-refractivity contribution in [3.63, 3.8) is 0 Å². The minimum Gasteiger partial charge on any atom is -0.275 e. The quantitative estimate of drug-likeness (QED) is 0.118. The number of imide groups is 6. The van der Waals surface area contributed by atoms with Crippen LogP contribution in [-0.4, -0.2) is 140 Å². The number of hydrogen-bond acceptors (Lipinski definition) is 12. The first-order valence-electron chi connectivity index (χ1n) is 24.3. The number of hydrogen-bond donors (Lipinski definition) is 0. The van der Waals surface area contributed by atoms with Gasteiger partial charge in [0.15, 0.2) is 23.3 Å². The molecule has 408 valence electrons. The van der Waals surface area contributed by atoms with Crippen LogP contribution in [-0.2, 0) is 0 Å². The molecular formula is C54H34F8N6O12. The third-order valence-electron chi connectivity index (χ3n) is 14.6. The standard InChI is InChI=1S/C18H10F4N2O4.2C18H12F2N2O4/c1-3-23-15(25)7-5-6-9(13(21)11(7)19)17(27)24(4-2)18(28)10(6)14(22)12(20)8(5)16(23)26;1-3-21-15(23)7-5-10(20)14-12-8(16(24)22(4-2)18(14)26)6-9(19)13(11(7)12)17(21)25;1-3-21-15(23)7-5-9(19)12-14-11(7)8(16(21)24)6-10(20)13(14)18(26)22(4-2)17(12)25/h3-4H2,1-2H3;2*5-6H,3-4H2,1-2H3. The van der Waals surface area contributed by atoms with Gasteiger partial charge in [0.1, 0.15) is 23.3 Å². The van der Waals surface area contributed by atoms with Gasteiger partial charge < -0.3 is 0 Å². The molecule has 0 fully saturated rings. The van der Waals surface area contributed by atoms with Crippen molar-refractivity contribution in [3.8, 4) is 0 Å². The van der Waals surface area contributed by atoms with Gasteiger partial charge >= 0.3 is 0 Å². The lowest BCUT2D eigenvalue weighted by Crippen LogP contribution is -2.45. The summed E-state index contributed by atoms with van der Waals surface area (Å²) < 4.78 is 118. The topological polar surface area (TPSA) is 224 Å². The molecule has 0 aromatic heterocycles. The summed E-state index contributed by atoms with van der Waals surface area (Å²) in [6, 6.07) is 3.43. The molecule has 0 aliphatic carbocycles. The lowest BCUT2D eigenvalue weighted by molar-refractivity contribution is 0.0585. The summed E-state index contributed by atoms with van der Waals surface area (Å²) in [5.74, 6) is -22.8. The summed E-state index contributed by atoms with van der Waals surface area (Å²) >= 11 is 0. The first-order valence-corrected chi connectivity index (χ1v) is 24.3. The second-order valence-electron chi connectivity index (χ2n) is 18.3. The number of amides is 12. The molecule has 0 saturated heterocycles. The van der Waals surface area contributed by atoms with Crippen LogP contribution in [0, 0.1) is 46.5 Å². The van der Waals surface area contributed by atoms with Crippen molar-refractivity contribution in [1.29, 1.82) is 0 Å². The summed E-state index contributed by atoms with van der Waals surface area (Å²) in [5, 5.41) is -2.22. The van der Waals surface area contributed by atoms with Gasteiger partial charge in [0.05, 0.1) is 66.8 Å². The minimum atomic E-state index is -1.77. The van der Waals surface area contributed by atoms with E-state index < -0.39 is 173 Å². The Bertz CT molecular complexity index is 3830. The Morgan fingerprint density at radius 2 is 0.400 bits per heavy atom. The van der Waals surface area contributed by atoms with Crippen molar-refractivity contribution < 1.29 is 92.7 Å². The highest BCUT2D eigenvalue weighted by Crippen LogP contribution is 2.45. The van der Waals surface area contributed by atoms with Crippen molar-refractivity contribution in [3.05, 3.63) is 138 Å². The lowest BCUT2D eigenvalue weighted by Gasteiger charge is -2.32. The molecule has 12 rings (SSSR count). The van der Waals surface area contributed by atoms with Crippen LogP contribution in [0.4, 0.5) is 35.1 Å². The van der Waals surface area contributed by atoms with Crippen molar-refractivity contribution in [2.45, 2.75) is 41.5 Å². The number of halogens is 8. The van der Waals surface area contributed by atoms with Gasteiger partial charge in [0.25, 0.3) is 70.9 Å². The molecular weight excluding hydrogens is 1080 g/mol. The number of carbonyl (C=O) groups excluding carboxylic acids is 12. The first kappa shape index (κ1) is 53.8. The highest BCUT2D eigenvalue weighted by molar-refractivity contribution is 6.36. The van der Waals surface area contributed by atoms with Crippen LogP contribution in [0.2, 0.25) is 0 Å². The van der Waals surface area contributed by atoms with Crippen molar-refractivity contribution >= 4 is 103 Å². The number of carbonyl (C=O) groups is 12. The Morgan fingerprint density at radius 1 is 0.237 bits per heavy atom. The summed E-state index contributed by atoms with van der Waals surface area (Å²) in [4.78, 5) is 155. The Labute approximate surface area is 442 Å². The van der Waals surface area contributed by atoms with E-state index >= 15 is 0 Å². The SMILES string of the molecule is CCN1C(=O)c2c(F)c(F)c3c4c(c(F)c(F)c(c24)C1=O)C(=O)N(CC)C3=O.CCN1C(=O)c2cc(F)c3c4c(c(F)cc(c24)C1=O)C(=O)N(CC)C3=O.CCN1C(=O)c2cc(F)c3c4c(cc(F)c(c24)C1=O)C(=O)N(CC)C3=O. The molecule has 6 aliphatic rings. The molecule has 0 atom stereocenters. The van der Waals surface area contributed by atoms with Gasteiger partial charge in [-0.3, -0.25) is 86.9 Å². The van der Waals surface area contributed by atoms with E-state index in [1.165, 1.54) is 34.6 Å². The van der Waals surface area contributed by atoms with Crippen LogP contribution in [0.3, 0.4) is 0 Å². The third kappa shape index (κ3) is 6.75. The minimum absolute atomic E-state index is 0.0206. The Balaban J connectivity index is 0.000000135. The molecule has 0 spiro atoms. The molecule has 0 radical (unpaired) electrons. The zero-order chi connectivity index (χ0) is 58.5. The van der Waals surface area contributed by atoms with Crippen LogP contribution in [0.1, 0.15) is 166 Å². The molecule has 12 amide bonds. The van der Waals surface area contributed by atoms with E-state index in [0.29, 0.717) is 9.80 Å². The van der Waals surface area contributed by atoms with E-state index in [1.54, 1.807) is 6.92 Å². The first-order chi connectivity index (χ1) is 37.8. The van der Waals surface area contributed by atoms with Gasteiger partial charge in [0, 0.05) is 71.6 Å². The van der Waals surface area contributed by atoms with Gasteiger partial charge in [-0.25, -0.2) is 35.1 Å². The van der Waals surface area contributed by atoms with E-state index in [2.05, 4.69) is 0 Å². The highest BCUT2D eigenvalue weighted by Gasteiger charge is 2.48. The maximum Gasteiger partial charge on any atom is 0.264 e. The van der Waals surface area contributed by atoms with E-state index in [1.807, 2.05) is 0 Å². The molecule has 18 nitrogen and oxygen atoms in total. The average Bonchev–Trinajstić information content (AvgIpc) is 3.48. The van der Waals surface area contributed by atoms with E-state index in [9.17, 15) is 92.7 Å².